The van der Waals surface area contributed by atoms with Crippen molar-refractivity contribution < 1.29 is 19.1 Å². The molecule has 31 heavy (non-hydrogen) atoms. The summed E-state index contributed by atoms with van der Waals surface area (Å²) in [4.78, 5) is 29.5. The third-order valence-electron chi connectivity index (χ3n) is 6.16. The van der Waals surface area contributed by atoms with Crippen molar-refractivity contribution in [2.45, 2.75) is 25.8 Å². The molecular formula is C24H27N3O4. The number of likely N-dealkylation sites (tertiary alicyclic amines) is 1. The highest BCUT2D eigenvalue weighted by Crippen LogP contribution is 2.36. The lowest BCUT2D eigenvalue weighted by Gasteiger charge is -2.22. The maximum Gasteiger partial charge on any atom is 0.229 e. The summed E-state index contributed by atoms with van der Waals surface area (Å²) in [7, 11) is 0. The van der Waals surface area contributed by atoms with Gasteiger partial charge in [0.05, 0.1) is 5.92 Å². The van der Waals surface area contributed by atoms with Crippen LogP contribution in [0.2, 0.25) is 0 Å². The number of hydrogen-bond donors (Lipinski definition) is 1. The molecule has 0 saturated carbocycles. The number of nitrogens with one attached hydrogen (secondary N) is 1. The lowest BCUT2D eigenvalue weighted by molar-refractivity contribution is -0.122. The Labute approximate surface area is 181 Å². The molecule has 2 aromatic rings. The van der Waals surface area contributed by atoms with Gasteiger partial charge in [0.2, 0.25) is 11.8 Å². The summed E-state index contributed by atoms with van der Waals surface area (Å²) in [5, 5.41) is 2.97. The van der Waals surface area contributed by atoms with Gasteiger partial charge in [-0.25, -0.2) is 0 Å². The zero-order valence-corrected chi connectivity index (χ0v) is 17.5. The van der Waals surface area contributed by atoms with Crippen molar-refractivity contribution in [1.82, 2.24) is 4.90 Å². The van der Waals surface area contributed by atoms with Gasteiger partial charge in [0, 0.05) is 37.0 Å². The number of carbonyl (C=O) groups excluding carboxylic acids is 2. The second kappa shape index (κ2) is 8.59. The van der Waals surface area contributed by atoms with Gasteiger partial charge >= 0.3 is 0 Å². The van der Waals surface area contributed by atoms with E-state index in [1.165, 1.54) is 18.4 Å². The van der Waals surface area contributed by atoms with Crippen molar-refractivity contribution in [2.75, 3.05) is 43.1 Å². The summed E-state index contributed by atoms with van der Waals surface area (Å²) in [6.45, 7) is 4.65. The Morgan fingerprint density at radius 3 is 2.52 bits per heavy atom. The number of fused-ring (bicyclic) bond motifs is 1. The molecule has 1 atom stereocenters. The van der Waals surface area contributed by atoms with E-state index in [-0.39, 0.29) is 24.2 Å². The van der Waals surface area contributed by atoms with Crippen LogP contribution in [0.3, 0.4) is 0 Å². The van der Waals surface area contributed by atoms with Gasteiger partial charge in [-0.2, -0.15) is 0 Å². The maximum absolute atomic E-state index is 12.8. The third-order valence-corrected chi connectivity index (χ3v) is 6.16. The van der Waals surface area contributed by atoms with Gasteiger partial charge < -0.3 is 19.7 Å². The first kappa shape index (κ1) is 19.9. The second-order valence-electron chi connectivity index (χ2n) is 8.40. The van der Waals surface area contributed by atoms with Crippen molar-refractivity contribution >= 4 is 23.2 Å². The van der Waals surface area contributed by atoms with E-state index in [0.29, 0.717) is 31.3 Å². The predicted octanol–water partition coefficient (Wildman–Crippen LogP) is 3.05. The number of rotatable bonds is 5. The Morgan fingerprint density at radius 1 is 1.00 bits per heavy atom. The average molecular weight is 421 g/mol. The lowest BCUT2D eigenvalue weighted by atomic mass is 10.1. The quantitative estimate of drug-likeness (QED) is 0.804. The van der Waals surface area contributed by atoms with Crippen LogP contribution in [0.5, 0.6) is 11.5 Å². The Balaban J connectivity index is 1.20. The fourth-order valence-corrected chi connectivity index (χ4v) is 4.47. The standard InChI is InChI=1S/C24H27N3O4/c28-23-13-18(16-27(23)20-7-8-21-22(14-20)31-12-11-30-21)24(29)25-19-5-3-17(4-6-19)15-26-9-1-2-10-26/h3-8,14,18H,1-2,9-13,15-16H2,(H,25,29)/t18-/m1/s1. The number of benzene rings is 2. The van der Waals surface area contributed by atoms with E-state index < -0.39 is 0 Å². The normalized spacial score (nSPS) is 20.8. The highest BCUT2D eigenvalue weighted by molar-refractivity contribution is 6.03. The van der Waals surface area contributed by atoms with Crippen LogP contribution in [0.25, 0.3) is 0 Å². The number of hydrogen-bond acceptors (Lipinski definition) is 5. The summed E-state index contributed by atoms with van der Waals surface area (Å²) in [5.41, 5.74) is 2.75. The highest BCUT2D eigenvalue weighted by Gasteiger charge is 2.35. The van der Waals surface area contributed by atoms with Crippen LogP contribution in [0, 0.1) is 5.92 Å². The molecule has 0 radical (unpaired) electrons. The minimum atomic E-state index is -0.384. The van der Waals surface area contributed by atoms with Gasteiger partial charge in [-0.3, -0.25) is 14.5 Å². The van der Waals surface area contributed by atoms with Crippen LogP contribution in [0.1, 0.15) is 24.8 Å². The van der Waals surface area contributed by atoms with Gasteiger partial charge in [-0.1, -0.05) is 12.1 Å². The minimum Gasteiger partial charge on any atom is -0.486 e. The Hall–Kier alpha value is -3.06. The number of carbonyl (C=O) groups is 2. The Kier molecular flexibility index (Phi) is 5.51. The Morgan fingerprint density at radius 2 is 1.74 bits per heavy atom. The van der Waals surface area contributed by atoms with E-state index in [1.807, 2.05) is 30.3 Å². The smallest absolute Gasteiger partial charge is 0.229 e. The SMILES string of the molecule is O=C(Nc1ccc(CN2CCCC2)cc1)[C@@H]1CC(=O)N(c2ccc3c(c2)OCCO3)C1. The summed E-state index contributed by atoms with van der Waals surface area (Å²) in [6.07, 6.45) is 2.75. The number of ether oxygens (including phenoxy) is 2. The topological polar surface area (TPSA) is 71.1 Å². The molecule has 7 heteroatoms. The molecule has 2 fully saturated rings. The second-order valence-corrected chi connectivity index (χ2v) is 8.40. The molecule has 2 saturated heterocycles. The van der Waals surface area contributed by atoms with Crippen molar-refractivity contribution in [2.24, 2.45) is 5.92 Å². The van der Waals surface area contributed by atoms with Crippen molar-refractivity contribution in [3.05, 3.63) is 48.0 Å². The number of amides is 2. The molecule has 0 aliphatic carbocycles. The van der Waals surface area contributed by atoms with E-state index in [9.17, 15) is 9.59 Å². The first-order valence-corrected chi connectivity index (χ1v) is 11.0. The number of anilines is 2. The van der Waals surface area contributed by atoms with Crippen LogP contribution in [0.4, 0.5) is 11.4 Å². The van der Waals surface area contributed by atoms with E-state index in [0.717, 1.165) is 31.0 Å². The molecule has 0 bridgehead atoms. The van der Waals surface area contributed by atoms with E-state index in [1.54, 1.807) is 4.90 Å². The van der Waals surface area contributed by atoms with E-state index in [2.05, 4.69) is 22.3 Å². The van der Waals surface area contributed by atoms with Crippen LogP contribution in [-0.2, 0) is 16.1 Å². The number of nitrogens with zero attached hydrogens (tertiary/aromatic N) is 2. The Bertz CT molecular complexity index is 969. The fourth-order valence-electron chi connectivity index (χ4n) is 4.47. The van der Waals surface area contributed by atoms with E-state index >= 15 is 0 Å². The fraction of sp³-hybridized carbons (Fsp3) is 0.417. The summed E-state index contributed by atoms with van der Waals surface area (Å²) < 4.78 is 11.2. The van der Waals surface area contributed by atoms with E-state index in [4.69, 9.17) is 9.47 Å². The van der Waals surface area contributed by atoms with Gasteiger partial charge in [0.1, 0.15) is 13.2 Å². The van der Waals surface area contributed by atoms with Crippen molar-refractivity contribution in [1.29, 1.82) is 0 Å². The first-order chi connectivity index (χ1) is 15.2. The molecule has 7 nitrogen and oxygen atoms in total. The monoisotopic (exact) mass is 421 g/mol. The summed E-state index contributed by atoms with van der Waals surface area (Å²) in [5.74, 6) is 0.756. The van der Waals surface area contributed by atoms with Crippen molar-refractivity contribution in [3.63, 3.8) is 0 Å². The highest BCUT2D eigenvalue weighted by atomic mass is 16.6. The first-order valence-electron chi connectivity index (χ1n) is 11.0. The van der Waals surface area contributed by atoms with Gasteiger partial charge in [0.15, 0.2) is 11.5 Å². The predicted molar refractivity (Wildman–Crippen MR) is 117 cm³/mol. The molecule has 2 aromatic carbocycles. The summed E-state index contributed by atoms with van der Waals surface area (Å²) >= 11 is 0. The molecule has 5 rings (SSSR count). The molecule has 0 aromatic heterocycles. The molecule has 0 spiro atoms. The van der Waals surface area contributed by atoms with Crippen LogP contribution in [0.15, 0.2) is 42.5 Å². The molecule has 162 valence electrons. The molecule has 3 heterocycles. The third kappa shape index (κ3) is 4.37. The zero-order valence-electron chi connectivity index (χ0n) is 17.5. The van der Waals surface area contributed by atoms with Crippen LogP contribution < -0.4 is 19.7 Å². The molecule has 3 aliphatic rings. The van der Waals surface area contributed by atoms with Crippen LogP contribution >= 0.6 is 0 Å². The average Bonchev–Trinajstić information content (AvgIpc) is 3.44. The molecule has 0 unspecified atom stereocenters. The van der Waals surface area contributed by atoms with Crippen molar-refractivity contribution in [3.8, 4) is 11.5 Å². The zero-order chi connectivity index (χ0) is 21.2. The maximum atomic E-state index is 12.8. The summed E-state index contributed by atoms with van der Waals surface area (Å²) in [6, 6.07) is 13.5. The largest absolute Gasteiger partial charge is 0.486 e. The minimum absolute atomic E-state index is 0.0576. The molecule has 1 N–H and O–H groups in total. The van der Waals surface area contributed by atoms with Gasteiger partial charge in [0.25, 0.3) is 0 Å². The van der Waals surface area contributed by atoms with Gasteiger partial charge in [-0.15, -0.1) is 0 Å². The molecular weight excluding hydrogens is 394 g/mol. The van der Waals surface area contributed by atoms with Crippen LogP contribution in [-0.4, -0.2) is 49.6 Å². The van der Waals surface area contributed by atoms with Gasteiger partial charge in [-0.05, 0) is 55.8 Å². The lowest BCUT2D eigenvalue weighted by Crippen LogP contribution is -2.28. The molecule has 2 amide bonds. The molecule has 3 aliphatic heterocycles.